The number of rotatable bonds is 2. The Morgan fingerprint density at radius 2 is 1.54 bits per heavy atom. The molecule has 3 rings (SSSR count). The zero-order valence-electron chi connectivity index (χ0n) is 12.3. The average Bonchev–Trinajstić information content (AvgIpc) is 2.82. The van der Waals surface area contributed by atoms with Crippen LogP contribution in [-0.4, -0.2) is 5.91 Å². The Balaban J connectivity index is 1.90. The first-order valence-electron chi connectivity index (χ1n) is 6.95. The van der Waals surface area contributed by atoms with E-state index in [0.717, 1.165) is 22.2 Å². The van der Waals surface area contributed by atoms with Crippen molar-refractivity contribution in [2.45, 2.75) is 6.18 Å². The van der Waals surface area contributed by atoms with Crippen LogP contribution in [0.25, 0.3) is 5.57 Å². The van der Waals surface area contributed by atoms with Crippen molar-refractivity contribution >= 4 is 33.1 Å². The number of hydrogen-bond donors (Lipinski definition) is 0. The lowest BCUT2D eigenvalue weighted by Gasteiger charge is -2.20. The number of halogens is 4. The van der Waals surface area contributed by atoms with Crippen LogP contribution in [0.5, 0.6) is 0 Å². The van der Waals surface area contributed by atoms with Crippen molar-refractivity contribution in [3.05, 3.63) is 82.5 Å². The molecule has 2 aromatic rings. The standard InChI is InChI=1S/C18H11BrF3NO/c1-11-16(12-2-6-14(19)7-3-12)10-17(24)23(11)15-8-4-13(5-9-15)18(20,21)22/h2-10H,1H2. The third-order valence-corrected chi connectivity index (χ3v) is 4.21. The lowest BCUT2D eigenvalue weighted by atomic mass is 10.0. The highest BCUT2D eigenvalue weighted by Gasteiger charge is 2.32. The predicted molar refractivity (Wildman–Crippen MR) is 90.2 cm³/mol. The highest BCUT2D eigenvalue weighted by Crippen LogP contribution is 2.36. The predicted octanol–water partition coefficient (Wildman–Crippen LogP) is 5.41. The molecular formula is C18H11BrF3NO. The Bertz CT molecular complexity index is 836. The third-order valence-electron chi connectivity index (χ3n) is 3.68. The molecule has 1 amide bonds. The van der Waals surface area contributed by atoms with E-state index in [1.165, 1.54) is 23.1 Å². The molecule has 1 aliphatic heterocycles. The monoisotopic (exact) mass is 393 g/mol. The summed E-state index contributed by atoms with van der Waals surface area (Å²) in [5.74, 6) is -0.335. The van der Waals surface area contributed by atoms with E-state index in [0.29, 0.717) is 17.0 Å². The van der Waals surface area contributed by atoms with Gasteiger partial charge in [-0.2, -0.15) is 13.2 Å². The van der Waals surface area contributed by atoms with Gasteiger partial charge in [0.05, 0.1) is 11.3 Å². The van der Waals surface area contributed by atoms with E-state index in [4.69, 9.17) is 0 Å². The quantitative estimate of drug-likeness (QED) is 0.667. The Morgan fingerprint density at radius 3 is 2.08 bits per heavy atom. The molecule has 24 heavy (non-hydrogen) atoms. The second-order valence-corrected chi connectivity index (χ2v) is 6.15. The van der Waals surface area contributed by atoms with Crippen molar-refractivity contribution in [1.82, 2.24) is 0 Å². The smallest absolute Gasteiger partial charge is 0.277 e. The van der Waals surface area contributed by atoms with Crippen molar-refractivity contribution in [2.75, 3.05) is 4.90 Å². The number of amides is 1. The summed E-state index contributed by atoms with van der Waals surface area (Å²) in [6.45, 7) is 3.92. The molecule has 0 aliphatic carbocycles. The molecule has 122 valence electrons. The summed E-state index contributed by atoms with van der Waals surface area (Å²) in [5, 5.41) is 0. The van der Waals surface area contributed by atoms with E-state index < -0.39 is 11.7 Å². The fourth-order valence-electron chi connectivity index (χ4n) is 2.49. The molecule has 6 heteroatoms. The van der Waals surface area contributed by atoms with Crippen LogP contribution in [0.2, 0.25) is 0 Å². The fraction of sp³-hybridized carbons (Fsp3) is 0.0556. The summed E-state index contributed by atoms with van der Waals surface area (Å²) in [5.41, 5.74) is 1.48. The number of alkyl halides is 3. The Labute approximate surface area is 145 Å². The van der Waals surface area contributed by atoms with E-state index in [1.54, 1.807) is 0 Å². The van der Waals surface area contributed by atoms with Crippen LogP contribution in [0, 0.1) is 0 Å². The molecule has 0 atom stereocenters. The van der Waals surface area contributed by atoms with E-state index in [-0.39, 0.29) is 5.91 Å². The molecule has 2 aromatic carbocycles. The molecule has 0 radical (unpaired) electrons. The van der Waals surface area contributed by atoms with Crippen molar-refractivity contribution in [3.8, 4) is 0 Å². The number of anilines is 1. The summed E-state index contributed by atoms with van der Waals surface area (Å²) in [6.07, 6.45) is -2.98. The topological polar surface area (TPSA) is 20.3 Å². The van der Waals surface area contributed by atoms with Gasteiger partial charge in [-0.05, 0) is 42.0 Å². The van der Waals surface area contributed by atoms with Gasteiger partial charge in [0.1, 0.15) is 0 Å². The highest BCUT2D eigenvalue weighted by atomic mass is 79.9. The molecule has 1 heterocycles. The molecule has 0 saturated heterocycles. The van der Waals surface area contributed by atoms with Gasteiger partial charge in [-0.1, -0.05) is 34.6 Å². The zero-order valence-corrected chi connectivity index (χ0v) is 13.9. The van der Waals surface area contributed by atoms with Crippen LogP contribution in [0.3, 0.4) is 0 Å². The first-order valence-corrected chi connectivity index (χ1v) is 7.75. The number of nitrogens with zero attached hydrogens (tertiary/aromatic N) is 1. The van der Waals surface area contributed by atoms with Gasteiger partial charge in [-0.3, -0.25) is 9.69 Å². The molecule has 0 saturated carbocycles. The van der Waals surface area contributed by atoms with Gasteiger partial charge < -0.3 is 0 Å². The number of benzene rings is 2. The first kappa shape index (κ1) is 16.5. The Hall–Kier alpha value is -2.34. The first-order chi connectivity index (χ1) is 11.3. The summed E-state index contributed by atoms with van der Waals surface area (Å²) >= 11 is 3.34. The SMILES string of the molecule is C=C1C(c2ccc(Br)cc2)=CC(=O)N1c1ccc(C(F)(F)F)cc1. The van der Waals surface area contributed by atoms with Crippen molar-refractivity contribution in [2.24, 2.45) is 0 Å². The second-order valence-electron chi connectivity index (χ2n) is 5.23. The maximum absolute atomic E-state index is 12.7. The van der Waals surface area contributed by atoms with E-state index >= 15 is 0 Å². The lowest BCUT2D eigenvalue weighted by molar-refractivity contribution is -0.137. The van der Waals surface area contributed by atoms with E-state index in [2.05, 4.69) is 22.5 Å². The van der Waals surface area contributed by atoms with Gasteiger partial charge in [0, 0.05) is 21.8 Å². The summed E-state index contributed by atoms with van der Waals surface area (Å²) < 4.78 is 38.9. The van der Waals surface area contributed by atoms with Gasteiger partial charge in [-0.15, -0.1) is 0 Å². The molecule has 1 aliphatic rings. The maximum atomic E-state index is 12.7. The maximum Gasteiger partial charge on any atom is 0.416 e. The van der Waals surface area contributed by atoms with Gasteiger partial charge in [0.25, 0.3) is 5.91 Å². The fourth-order valence-corrected chi connectivity index (χ4v) is 2.75. The average molecular weight is 394 g/mol. The lowest BCUT2D eigenvalue weighted by Crippen LogP contribution is -2.23. The molecule has 0 N–H and O–H groups in total. The van der Waals surface area contributed by atoms with E-state index in [9.17, 15) is 18.0 Å². The minimum absolute atomic E-state index is 0.335. The molecule has 0 aromatic heterocycles. The Kier molecular flexibility index (Phi) is 4.09. The van der Waals surface area contributed by atoms with Crippen LogP contribution in [0.15, 0.2) is 71.4 Å². The number of carbonyl (C=O) groups is 1. The normalized spacial score (nSPS) is 15.0. The van der Waals surface area contributed by atoms with Gasteiger partial charge in [-0.25, -0.2) is 0 Å². The summed E-state index contributed by atoms with van der Waals surface area (Å²) in [4.78, 5) is 13.6. The molecule has 0 bridgehead atoms. The van der Waals surface area contributed by atoms with E-state index in [1.807, 2.05) is 24.3 Å². The molecule has 0 spiro atoms. The third kappa shape index (κ3) is 3.01. The van der Waals surface area contributed by atoms with Crippen LogP contribution < -0.4 is 4.90 Å². The van der Waals surface area contributed by atoms with Crippen LogP contribution in [-0.2, 0) is 11.0 Å². The zero-order chi connectivity index (χ0) is 17.5. The largest absolute Gasteiger partial charge is 0.416 e. The summed E-state index contributed by atoms with van der Waals surface area (Å²) in [7, 11) is 0. The van der Waals surface area contributed by atoms with Crippen molar-refractivity contribution in [3.63, 3.8) is 0 Å². The second kappa shape index (κ2) is 5.94. The van der Waals surface area contributed by atoms with Crippen molar-refractivity contribution < 1.29 is 18.0 Å². The molecule has 2 nitrogen and oxygen atoms in total. The van der Waals surface area contributed by atoms with Crippen molar-refractivity contribution in [1.29, 1.82) is 0 Å². The van der Waals surface area contributed by atoms with Crippen LogP contribution >= 0.6 is 15.9 Å². The number of hydrogen-bond acceptors (Lipinski definition) is 1. The molecule has 0 unspecified atom stereocenters. The Morgan fingerprint density at radius 1 is 0.958 bits per heavy atom. The van der Waals surface area contributed by atoms with Crippen LogP contribution in [0.1, 0.15) is 11.1 Å². The summed E-state index contributed by atoms with van der Waals surface area (Å²) in [6, 6.07) is 11.8. The van der Waals surface area contributed by atoms with Gasteiger partial charge in [0.15, 0.2) is 0 Å². The van der Waals surface area contributed by atoms with Gasteiger partial charge >= 0.3 is 6.18 Å². The van der Waals surface area contributed by atoms with Crippen LogP contribution in [0.4, 0.5) is 18.9 Å². The minimum Gasteiger partial charge on any atom is -0.277 e. The molecule has 0 fully saturated rings. The number of carbonyl (C=O) groups excluding carboxylic acids is 1. The minimum atomic E-state index is -4.41. The molecular weight excluding hydrogens is 383 g/mol. The number of allylic oxidation sites excluding steroid dienone is 1. The van der Waals surface area contributed by atoms with Gasteiger partial charge in [0.2, 0.25) is 0 Å². The highest BCUT2D eigenvalue weighted by molar-refractivity contribution is 9.10.